The molecule has 9 heteroatoms. The van der Waals surface area contributed by atoms with E-state index in [1.807, 2.05) is 0 Å². The third-order valence-electron chi connectivity index (χ3n) is 4.23. The largest absolute Gasteiger partial charge is 0.346 e. The van der Waals surface area contributed by atoms with Crippen molar-refractivity contribution < 1.29 is 18.0 Å². The highest BCUT2D eigenvalue weighted by Crippen LogP contribution is 2.33. The van der Waals surface area contributed by atoms with Crippen molar-refractivity contribution in [1.29, 1.82) is 0 Å². The fourth-order valence-electron chi connectivity index (χ4n) is 2.91. The Hall–Kier alpha value is -3.36. The number of benzene rings is 2. The van der Waals surface area contributed by atoms with Gasteiger partial charge in [0.15, 0.2) is 5.82 Å². The first-order valence-electron chi connectivity index (χ1n) is 8.17. The molecule has 2 N–H and O–H groups in total. The molecule has 0 saturated heterocycles. The van der Waals surface area contributed by atoms with Gasteiger partial charge in [-0.1, -0.05) is 12.1 Å². The molecule has 0 bridgehead atoms. The maximum Gasteiger partial charge on any atom is 0.255 e. The Bertz CT molecular complexity index is 1010. The number of fused-ring (bicyclic) bond motifs is 3. The van der Waals surface area contributed by atoms with Gasteiger partial charge in [0.25, 0.3) is 12.3 Å². The highest BCUT2D eigenvalue weighted by Gasteiger charge is 2.24. The summed E-state index contributed by atoms with van der Waals surface area (Å²) in [6.45, 7) is -0.280. The summed E-state index contributed by atoms with van der Waals surface area (Å²) in [5.74, 6) is -1.01. The van der Waals surface area contributed by atoms with Gasteiger partial charge in [-0.3, -0.25) is 15.2 Å². The van der Waals surface area contributed by atoms with Crippen molar-refractivity contribution >= 4 is 28.2 Å². The summed E-state index contributed by atoms with van der Waals surface area (Å²) >= 11 is 0. The van der Waals surface area contributed by atoms with Gasteiger partial charge in [-0.25, -0.2) is 13.2 Å². The van der Waals surface area contributed by atoms with Crippen LogP contribution in [0.4, 0.5) is 24.5 Å². The van der Waals surface area contributed by atoms with Crippen molar-refractivity contribution in [2.45, 2.75) is 13.0 Å². The Morgan fingerprint density at radius 1 is 1.19 bits per heavy atom. The molecular formula is C18H14F3N5O. The lowest BCUT2D eigenvalue weighted by molar-refractivity contribution is 0.0891. The highest BCUT2D eigenvalue weighted by molar-refractivity contribution is 5.95. The van der Waals surface area contributed by atoms with Crippen LogP contribution in [0.2, 0.25) is 0 Å². The molecule has 0 saturated carbocycles. The van der Waals surface area contributed by atoms with E-state index < -0.39 is 24.7 Å². The number of nitrogens with zero attached hydrogens (tertiary/aromatic N) is 3. The van der Waals surface area contributed by atoms with Crippen molar-refractivity contribution in [2.24, 2.45) is 0 Å². The van der Waals surface area contributed by atoms with Gasteiger partial charge in [-0.2, -0.15) is 5.10 Å². The molecule has 1 aromatic heterocycles. The van der Waals surface area contributed by atoms with Crippen LogP contribution in [-0.2, 0) is 6.54 Å². The molecule has 1 aliphatic heterocycles. The molecule has 1 amide bonds. The molecule has 6 nitrogen and oxygen atoms in total. The van der Waals surface area contributed by atoms with E-state index in [1.54, 1.807) is 41.4 Å². The van der Waals surface area contributed by atoms with Gasteiger partial charge in [0.2, 0.25) is 0 Å². The van der Waals surface area contributed by atoms with Crippen LogP contribution in [0.5, 0.6) is 0 Å². The summed E-state index contributed by atoms with van der Waals surface area (Å²) in [7, 11) is 0. The summed E-state index contributed by atoms with van der Waals surface area (Å²) in [5, 5.41) is 12.6. The number of aromatic nitrogens is 2. The van der Waals surface area contributed by atoms with Gasteiger partial charge in [-0.05, 0) is 30.3 Å². The van der Waals surface area contributed by atoms with Crippen LogP contribution in [0.3, 0.4) is 0 Å². The lowest BCUT2D eigenvalue weighted by atomic mass is 10.1. The maximum absolute atomic E-state index is 13.9. The number of anilines is 2. The predicted octanol–water partition coefficient (Wildman–Crippen LogP) is 3.11. The zero-order valence-electron chi connectivity index (χ0n) is 13.9. The van der Waals surface area contributed by atoms with Gasteiger partial charge in [0.05, 0.1) is 24.5 Å². The monoisotopic (exact) mass is 373 g/mol. The van der Waals surface area contributed by atoms with E-state index in [0.29, 0.717) is 23.3 Å². The Balaban J connectivity index is 1.54. The van der Waals surface area contributed by atoms with Gasteiger partial charge < -0.3 is 5.32 Å². The van der Waals surface area contributed by atoms with Gasteiger partial charge in [-0.15, -0.1) is 5.10 Å². The van der Waals surface area contributed by atoms with Crippen molar-refractivity contribution in [2.75, 3.05) is 17.0 Å². The van der Waals surface area contributed by atoms with Crippen LogP contribution in [0.25, 0.3) is 10.9 Å². The second-order valence-electron chi connectivity index (χ2n) is 6.00. The van der Waals surface area contributed by atoms with Crippen LogP contribution in [0, 0.1) is 5.82 Å². The van der Waals surface area contributed by atoms with Crippen LogP contribution < -0.4 is 15.8 Å². The topological polar surface area (TPSA) is 70.2 Å². The van der Waals surface area contributed by atoms with Crippen LogP contribution in [0.1, 0.15) is 16.1 Å². The molecule has 2 heterocycles. The molecule has 27 heavy (non-hydrogen) atoms. The van der Waals surface area contributed by atoms with E-state index in [0.717, 1.165) is 5.69 Å². The number of halogens is 3. The summed E-state index contributed by atoms with van der Waals surface area (Å²) in [4.78, 5) is 11.8. The average molecular weight is 373 g/mol. The molecule has 0 radical (unpaired) electrons. The van der Waals surface area contributed by atoms with E-state index in [-0.39, 0.29) is 11.1 Å². The van der Waals surface area contributed by atoms with Crippen molar-refractivity contribution in [3.8, 4) is 0 Å². The minimum absolute atomic E-state index is 0.191. The second-order valence-corrected chi connectivity index (χ2v) is 6.00. The quantitative estimate of drug-likeness (QED) is 0.735. The molecule has 1 aliphatic rings. The van der Waals surface area contributed by atoms with Crippen LogP contribution in [0.15, 0.2) is 42.5 Å². The number of nitrogens with one attached hydrogen (secondary N) is 2. The van der Waals surface area contributed by atoms with Crippen molar-refractivity contribution in [3.63, 3.8) is 0 Å². The third-order valence-corrected chi connectivity index (χ3v) is 4.23. The van der Waals surface area contributed by atoms with Crippen LogP contribution >= 0.6 is 0 Å². The van der Waals surface area contributed by atoms with Crippen molar-refractivity contribution in [3.05, 3.63) is 59.5 Å². The smallest absolute Gasteiger partial charge is 0.255 e. The zero-order chi connectivity index (χ0) is 19.0. The van der Waals surface area contributed by atoms with Crippen molar-refractivity contribution in [1.82, 2.24) is 15.5 Å². The standard InChI is InChI=1S/C18H14F3N5O/c19-13-3-1-2-12-16(13)24-23-14-9-26(25-17(12)14)11-6-4-10(5-7-11)18(27)22-8-15(20)21/h1-7,15,25H,8-9H2,(H,22,27). The average Bonchev–Trinajstić information content (AvgIpc) is 3.11. The van der Waals surface area contributed by atoms with Gasteiger partial charge in [0, 0.05) is 10.9 Å². The number of amides is 1. The number of hydrazine groups is 1. The molecule has 4 rings (SSSR count). The SMILES string of the molecule is O=C(NCC(F)F)c1ccc(N2Cc3nnc4c(F)cccc4c3N2)cc1. The summed E-state index contributed by atoms with van der Waals surface area (Å²) in [6, 6.07) is 11.2. The first-order chi connectivity index (χ1) is 13.0. The Labute approximate surface area is 152 Å². The summed E-state index contributed by atoms with van der Waals surface area (Å²) in [5.41, 5.74) is 5.74. The van der Waals surface area contributed by atoms with E-state index in [4.69, 9.17) is 0 Å². The Morgan fingerprint density at radius 2 is 1.96 bits per heavy atom. The fourth-order valence-corrected chi connectivity index (χ4v) is 2.91. The summed E-state index contributed by atoms with van der Waals surface area (Å²) < 4.78 is 38.2. The first kappa shape index (κ1) is 17.1. The molecule has 138 valence electrons. The molecule has 0 spiro atoms. The van der Waals surface area contributed by atoms with E-state index in [9.17, 15) is 18.0 Å². The Morgan fingerprint density at radius 3 is 2.70 bits per heavy atom. The minimum Gasteiger partial charge on any atom is -0.346 e. The van der Waals surface area contributed by atoms with Gasteiger partial charge >= 0.3 is 0 Å². The maximum atomic E-state index is 13.9. The number of hydrogen-bond donors (Lipinski definition) is 2. The van der Waals surface area contributed by atoms with E-state index in [1.165, 1.54) is 6.07 Å². The fraction of sp³-hybridized carbons (Fsp3) is 0.167. The second kappa shape index (κ2) is 6.75. The molecule has 2 aromatic carbocycles. The lowest BCUT2D eigenvalue weighted by Crippen LogP contribution is -2.28. The first-order valence-corrected chi connectivity index (χ1v) is 8.17. The summed E-state index contributed by atoms with van der Waals surface area (Å²) in [6.07, 6.45) is -2.60. The number of carbonyl (C=O) groups excluding carboxylic acids is 1. The van der Waals surface area contributed by atoms with Crippen LogP contribution in [-0.4, -0.2) is 29.1 Å². The molecule has 3 aromatic rings. The molecule has 0 atom stereocenters. The Kier molecular flexibility index (Phi) is 4.27. The predicted molar refractivity (Wildman–Crippen MR) is 94.1 cm³/mol. The third kappa shape index (κ3) is 3.23. The molecule has 0 aliphatic carbocycles. The number of hydrogen-bond acceptors (Lipinski definition) is 5. The molecule has 0 fully saturated rings. The minimum atomic E-state index is -2.60. The molecule has 0 unspecified atom stereocenters. The molecular weight excluding hydrogens is 359 g/mol. The van der Waals surface area contributed by atoms with Gasteiger partial charge in [0.1, 0.15) is 11.2 Å². The van der Waals surface area contributed by atoms with E-state index in [2.05, 4.69) is 20.9 Å². The zero-order valence-corrected chi connectivity index (χ0v) is 13.9. The van der Waals surface area contributed by atoms with E-state index >= 15 is 0 Å². The highest BCUT2D eigenvalue weighted by atomic mass is 19.3. The number of rotatable bonds is 4. The number of alkyl halides is 2. The normalized spacial score (nSPS) is 13.0. The lowest BCUT2D eigenvalue weighted by Gasteiger charge is -2.19. The number of carbonyl (C=O) groups is 1.